The van der Waals surface area contributed by atoms with Crippen LogP contribution >= 0.6 is 38.9 Å². The quantitative estimate of drug-likeness (QED) is 0.692. The number of aryl methyl sites for hydroxylation is 1. The van der Waals surface area contributed by atoms with Gasteiger partial charge < -0.3 is 0 Å². The molecule has 1 saturated carbocycles. The van der Waals surface area contributed by atoms with Crippen molar-refractivity contribution in [2.45, 2.75) is 42.9 Å². The van der Waals surface area contributed by atoms with Crippen LogP contribution in [-0.4, -0.2) is 30.6 Å². The molecule has 2 rings (SSSR count). The molecule has 0 atom stereocenters. The van der Waals surface area contributed by atoms with E-state index in [1.54, 1.807) is 10.4 Å². The van der Waals surface area contributed by atoms with Crippen LogP contribution in [0.25, 0.3) is 0 Å². The molecule has 0 saturated heterocycles. The lowest BCUT2D eigenvalue weighted by atomic mass is 9.93. The van der Waals surface area contributed by atoms with E-state index in [1.165, 1.54) is 0 Å². The van der Waals surface area contributed by atoms with Gasteiger partial charge in [-0.3, -0.25) is 0 Å². The van der Waals surface area contributed by atoms with Crippen LogP contribution < -0.4 is 0 Å². The van der Waals surface area contributed by atoms with Crippen molar-refractivity contribution in [3.05, 3.63) is 16.0 Å². The zero-order chi connectivity index (χ0) is 14.0. The van der Waals surface area contributed by atoms with E-state index in [2.05, 4.69) is 15.9 Å². The van der Waals surface area contributed by atoms with Crippen LogP contribution in [-0.2, 0) is 10.0 Å². The molecule has 0 amide bonds. The average molecular weight is 387 g/mol. The third-order valence-corrected chi connectivity index (χ3v) is 7.91. The van der Waals surface area contributed by atoms with Gasteiger partial charge in [-0.25, -0.2) is 8.42 Å². The maximum atomic E-state index is 12.7. The first-order valence-electron chi connectivity index (χ1n) is 6.30. The molecular formula is C12H17BrClNO2S2. The summed E-state index contributed by atoms with van der Waals surface area (Å²) in [4.78, 5) is 0. The van der Waals surface area contributed by atoms with E-state index >= 15 is 0 Å². The van der Waals surface area contributed by atoms with Crippen molar-refractivity contribution in [1.82, 2.24) is 4.31 Å². The highest BCUT2D eigenvalue weighted by Crippen LogP contribution is 2.35. The second kappa shape index (κ2) is 6.43. The van der Waals surface area contributed by atoms with E-state index in [-0.39, 0.29) is 6.04 Å². The fraction of sp³-hybridized carbons (Fsp3) is 0.667. The average Bonchev–Trinajstić information content (AvgIpc) is 2.63. The summed E-state index contributed by atoms with van der Waals surface area (Å²) in [5, 5.41) is 0.815. The van der Waals surface area contributed by atoms with Crippen LogP contribution in [0.15, 0.2) is 10.3 Å². The Bertz CT molecular complexity index is 520. The first-order valence-corrected chi connectivity index (χ1v) is 10.1. The summed E-state index contributed by atoms with van der Waals surface area (Å²) in [6.45, 7) is 2.41. The van der Waals surface area contributed by atoms with Gasteiger partial charge in [-0.1, -0.05) is 34.0 Å². The number of sulfonamides is 1. The molecule has 7 heteroatoms. The molecule has 19 heavy (non-hydrogen) atoms. The van der Waals surface area contributed by atoms with E-state index in [0.29, 0.717) is 15.1 Å². The first kappa shape index (κ1) is 15.8. The number of rotatable bonds is 6. The Hall–Kier alpha value is 0.380. The zero-order valence-electron chi connectivity index (χ0n) is 10.7. The van der Waals surface area contributed by atoms with E-state index in [1.807, 2.05) is 6.92 Å². The Labute approximate surface area is 132 Å². The van der Waals surface area contributed by atoms with Gasteiger partial charge in [-0.15, -0.1) is 11.3 Å². The fourth-order valence-electron chi connectivity index (χ4n) is 2.06. The minimum absolute atomic E-state index is 0.172. The SMILES string of the molecule is Cc1cc(S(=O)(=O)N(CCCBr)C2CCC2)sc1Cl. The monoisotopic (exact) mass is 385 g/mol. The zero-order valence-corrected chi connectivity index (χ0v) is 14.7. The molecule has 0 bridgehead atoms. The van der Waals surface area contributed by atoms with Crippen molar-refractivity contribution in [3.63, 3.8) is 0 Å². The van der Waals surface area contributed by atoms with Gasteiger partial charge in [0.25, 0.3) is 10.0 Å². The first-order chi connectivity index (χ1) is 8.96. The van der Waals surface area contributed by atoms with E-state index < -0.39 is 10.0 Å². The lowest BCUT2D eigenvalue weighted by molar-refractivity contribution is 0.220. The van der Waals surface area contributed by atoms with Crippen LogP contribution in [0.3, 0.4) is 0 Å². The molecule has 1 aromatic rings. The molecule has 1 aliphatic rings. The van der Waals surface area contributed by atoms with Crippen LogP contribution in [0.5, 0.6) is 0 Å². The molecule has 0 radical (unpaired) electrons. The van der Waals surface area contributed by atoms with Gasteiger partial charge in [0.1, 0.15) is 4.21 Å². The molecule has 1 aromatic heterocycles. The highest BCUT2D eigenvalue weighted by atomic mass is 79.9. The molecular weight excluding hydrogens is 370 g/mol. The molecule has 1 heterocycles. The number of nitrogens with zero attached hydrogens (tertiary/aromatic N) is 1. The molecule has 1 aliphatic carbocycles. The van der Waals surface area contributed by atoms with Gasteiger partial charge in [0.05, 0.1) is 4.34 Å². The van der Waals surface area contributed by atoms with Crippen molar-refractivity contribution >= 4 is 48.9 Å². The lowest BCUT2D eigenvalue weighted by Gasteiger charge is -2.36. The third-order valence-electron chi connectivity index (χ3n) is 3.39. The van der Waals surface area contributed by atoms with Gasteiger partial charge in [-0.05, 0) is 37.8 Å². The second-order valence-electron chi connectivity index (χ2n) is 4.77. The van der Waals surface area contributed by atoms with E-state index in [9.17, 15) is 8.42 Å². The minimum Gasteiger partial charge on any atom is -0.206 e. The Morgan fingerprint density at radius 2 is 2.21 bits per heavy atom. The number of hydrogen-bond donors (Lipinski definition) is 0. The summed E-state index contributed by atoms with van der Waals surface area (Å²) in [6.07, 6.45) is 3.89. The summed E-state index contributed by atoms with van der Waals surface area (Å²) in [7, 11) is -3.39. The van der Waals surface area contributed by atoms with Crippen molar-refractivity contribution in [1.29, 1.82) is 0 Å². The molecule has 0 unspecified atom stereocenters. The van der Waals surface area contributed by atoms with Crippen molar-refractivity contribution in [3.8, 4) is 0 Å². The molecule has 0 aliphatic heterocycles. The number of hydrogen-bond acceptors (Lipinski definition) is 3. The Balaban J connectivity index is 2.27. The molecule has 1 fully saturated rings. The van der Waals surface area contributed by atoms with Gasteiger partial charge >= 0.3 is 0 Å². The maximum absolute atomic E-state index is 12.7. The van der Waals surface area contributed by atoms with Gasteiger partial charge in [0.15, 0.2) is 0 Å². The standard InChI is InChI=1S/C12H17BrClNO2S2/c1-9-8-11(18-12(9)14)19(16,17)15(7-3-6-13)10-4-2-5-10/h8,10H,2-7H2,1H3. The summed E-state index contributed by atoms with van der Waals surface area (Å²) in [5.74, 6) is 0. The molecule has 0 aromatic carbocycles. The summed E-state index contributed by atoms with van der Waals surface area (Å²) in [5.41, 5.74) is 0.833. The van der Waals surface area contributed by atoms with Crippen molar-refractivity contribution in [2.75, 3.05) is 11.9 Å². The summed E-state index contributed by atoms with van der Waals surface area (Å²) >= 11 is 10.5. The normalized spacial score (nSPS) is 16.8. The Kier molecular flexibility index (Phi) is 5.34. The van der Waals surface area contributed by atoms with Crippen LogP contribution in [0, 0.1) is 6.92 Å². The minimum atomic E-state index is -3.39. The van der Waals surface area contributed by atoms with Gasteiger partial charge in [0, 0.05) is 17.9 Å². The van der Waals surface area contributed by atoms with Crippen molar-refractivity contribution < 1.29 is 8.42 Å². The summed E-state index contributed by atoms with van der Waals surface area (Å²) < 4.78 is 28.0. The van der Waals surface area contributed by atoms with Gasteiger partial charge in [0.2, 0.25) is 0 Å². The number of halogens is 2. The van der Waals surface area contributed by atoms with Crippen molar-refractivity contribution in [2.24, 2.45) is 0 Å². The van der Waals surface area contributed by atoms with Gasteiger partial charge in [-0.2, -0.15) is 4.31 Å². The van der Waals surface area contributed by atoms with Crippen LogP contribution in [0.1, 0.15) is 31.2 Å². The molecule has 3 nitrogen and oxygen atoms in total. The summed E-state index contributed by atoms with van der Waals surface area (Å²) in [6, 6.07) is 1.85. The Morgan fingerprint density at radius 3 is 2.63 bits per heavy atom. The maximum Gasteiger partial charge on any atom is 0.252 e. The highest BCUT2D eigenvalue weighted by molar-refractivity contribution is 9.09. The third kappa shape index (κ3) is 3.35. The topological polar surface area (TPSA) is 37.4 Å². The predicted molar refractivity (Wildman–Crippen MR) is 84.0 cm³/mol. The fourth-order valence-corrected chi connectivity index (χ4v) is 5.88. The van der Waals surface area contributed by atoms with Crippen LogP contribution in [0.4, 0.5) is 0 Å². The van der Waals surface area contributed by atoms with E-state index in [0.717, 1.165) is 47.9 Å². The molecule has 108 valence electrons. The smallest absolute Gasteiger partial charge is 0.206 e. The van der Waals surface area contributed by atoms with E-state index in [4.69, 9.17) is 11.6 Å². The molecule has 0 spiro atoms. The highest BCUT2D eigenvalue weighted by Gasteiger charge is 2.35. The Morgan fingerprint density at radius 1 is 1.53 bits per heavy atom. The molecule has 0 N–H and O–H groups in total. The number of alkyl halides is 1. The predicted octanol–water partition coefficient (Wildman–Crippen LogP) is 4.04. The lowest BCUT2D eigenvalue weighted by Crippen LogP contribution is -2.44. The number of thiophene rings is 1. The largest absolute Gasteiger partial charge is 0.252 e. The second-order valence-corrected chi connectivity index (χ2v) is 9.33. The van der Waals surface area contributed by atoms with Crippen LogP contribution in [0.2, 0.25) is 4.34 Å².